The van der Waals surface area contributed by atoms with E-state index in [0.29, 0.717) is 11.8 Å². The van der Waals surface area contributed by atoms with Crippen molar-refractivity contribution in [3.8, 4) is 0 Å². The summed E-state index contributed by atoms with van der Waals surface area (Å²) in [5.74, 6) is 1.26. The third-order valence-electron chi connectivity index (χ3n) is 3.77. The highest BCUT2D eigenvalue weighted by Crippen LogP contribution is 2.37. The fourth-order valence-electron chi connectivity index (χ4n) is 2.94. The van der Waals surface area contributed by atoms with Gasteiger partial charge in [-0.3, -0.25) is 4.79 Å². The molecule has 6 nitrogen and oxygen atoms in total. The first-order chi connectivity index (χ1) is 8.65. The Morgan fingerprint density at radius 1 is 1.33 bits per heavy atom. The van der Waals surface area contributed by atoms with Crippen molar-refractivity contribution in [2.75, 3.05) is 6.54 Å². The Morgan fingerprint density at radius 3 is 2.83 bits per heavy atom. The zero-order valence-corrected chi connectivity index (χ0v) is 10.6. The van der Waals surface area contributed by atoms with Crippen LogP contribution in [0.3, 0.4) is 0 Å². The van der Waals surface area contributed by atoms with Crippen molar-refractivity contribution in [3.63, 3.8) is 0 Å². The fraction of sp³-hybridized carbons (Fsp3) is 0.750. The molecule has 1 aromatic rings. The van der Waals surface area contributed by atoms with Crippen LogP contribution in [0, 0.1) is 6.92 Å². The highest BCUT2D eigenvalue weighted by molar-refractivity contribution is 5.74. The smallest absolute Gasteiger partial charge is 0.245 e. The second-order valence-corrected chi connectivity index (χ2v) is 4.97. The number of carbonyl (C=O) groups excluding carboxylic acids is 1. The van der Waals surface area contributed by atoms with Crippen LogP contribution in [0.4, 0.5) is 0 Å². The van der Waals surface area contributed by atoms with Gasteiger partial charge in [0, 0.05) is 20.4 Å². The van der Waals surface area contributed by atoms with Gasteiger partial charge in [0.15, 0.2) is 0 Å². The Labute approximate surface area is 105 Å². The molecule has 0 aromatic carbocycles. The zero-order valence-electron chi connectivity index (χ0n) is 10.6. The van der Waals surface area contributed by atoms with E-state index in [-0.39, 0.29) is 24.2 Å². The molecule has 0 saturated carbocycles. The van der Waals surface area contributed by atoms with Crippen molar-refractivity contribution in [2.45, 2.75) is 51.4 Å². The normalized spacial score (nSPS) is 31.4. The third-order valence-corrected chi connectivity index (χ3v) is 3.77. The molecule has 0 radical (unpaired) electrons. The van der Waals surface area contributed by atoms with Gasteiger partial charge < -0.3 is 14.1 Å². The number of nitrogens with zero attached hydrogens (tertiary/aromatic N) is 3. The Hall–Kier alpha value is -1.43. The Bertz CT molecular complexity index is 459. The minimum atomic E-state index is -0.112. The standard InChI is InChI=1S/C12H17N3O3/c1-7-13-14-12(17-7)11-4-3-9-10(18-11)5-6-15(9)8(2)16/h9-11H,3-6H2,1-2H3/t9-,10-,11+/m1/s1. The largest absolute Gasteiger partial charge is 0.423 e. The lowest BCUT2D eigenvalue weighted by molar-refractivity contribution is -0.135. The maximum atomic E-state index is 11.5. The van der Waals surface area contributed by atoms with Crippen LogP contribution >= 0.6 is 0 Å². The van der Waals surface area contributed by atoms with E-state index in [1.54, 1.807) is 13.8 Å². The van der Waals surface area contributed by atoms with Crippen LogP contribution in [0.5, 0.6) is 0 Å². The predicted octanol–water partition coefficient (Wildman–Crippen LogP) is 1.22. The zero-order chi connectivity index (χ0) is 12.7. The van der Waals surface area contributed by atoms with Crippen LogP contribution in [0.15, 0.2) is 4.42 Å². The topological polar surface area (TPSA) is 68.5 Å². The van der Waals surface area contributed by atoms with Crippen LogP contribution in [-0.2, 0) is 9.53 Å². The molecule has 98 valence electrons. The summed E-state index contributed by atoms with van der Waals surface area (Å²) in [6.07, 6.45) is 2.66. The minimum Gasteiger partial charge on any atom is -0.423 e. The maximum absolute atomic E-state index is 11.5. The van der Waals surface area contributed by atoms with Crippen molar-refractivity contribution >= 4 is 5.91 Å². The SMILES string of the molecule is CC(=O)N1CC[C@H]2O[C@H](c3nnc(C)o3)CC[C@H]21. The van der Waals surface area contributed by atoms with Gasteiger partial charge in [0.2, 0.25) is 17.7 Å². The van der Waals surface area contributed by atoms with E-state index in [9.17, 15) is 4.79 Å². The van der Waals surface area contributed by atoms with Gasteiger partial charge in [-0.05, 0) is 19.3 Å². The van der Waals surface area contributed by atoms with Gasteiger partial charge in [-0.25, -0.2) is 0 Å². The van der Waals surface area contributed by atoms with Gasteiger partial charge in [0.1, 0.15) is 6.10 Å². The summed E-state index contributed by atoms with van der Waals surface area (Å²) in [7, 11) is 0. The molecule has 3 heterocycles. The maximum Gasteiger partial charge on any atom is 0.245 e. The molecule has 3 atom stereocenters. The Balaban J connectivity index is 1.71. The summed E-state index contributed by atoms with van der Waals surface area (Å²) in [6, 6.07) is 0.225. The van der Waals surface area contributed by atoms with Gasteiger partial charge in [-0.2, -0.15) is 0 Å². The molecule has 2 saturated heterocycles. The number of ether oxygens (including phenoxy) is 1. The van der Waals surface area contributed by atoms with Crippen LogP contribution in [0.1, 0.15) is 44.1 Å². The van der Waals surface area contributed by atoms with Crippen molar-refractivity contribution in [1.82, 2.24) is 15.1 Å². The minimum absolute atomic E-state index is 0.111. The first kappa shape index (κ1) is 11.6. The van der Waals surface area contributed by atoms with Crippen molar-refractivity contribution in [3.05, 3.63) is 11.8 Å². The summed E-state index contributed by atoms with van der Waals surface area (Å²) in [6.45, 7) is 4.19. The summed E-state index contributed by atoms with van der Waals surface area (Å²) in [5, 5.41) is 7.84. The summed E-state index contributed by atoms with van der Waals surface area (Å²) < 4.78 is 11.4. The van der Waals surface area contributed by atoms with E-state index >= 15 is 0 Å². The molecule has 2 aliphatic rings. The van der Waals surface area contributed by atoms with E-state index in [2.05, 4.69) is 10.2 Å². The number of amides is 1. The number of hydrogen-bond donors (Lipinski definition) is 0. The average molecular weight is 251 g/mol. The van der Waals surface area contributed by atoms with Gasteiger partial charge in [-0.15, -0.1) is 10.2 Å². The second-order valence-electron chi connectivity index (χ2n) is 4.97. The van der Waals surface area contributed by atoms with Gasteiger partial charge in [-0.1, -0.05) is 0 Å². The highest BCUT2D eigenvalue weighted by Gasteiger charge is 2.42. The lowest BCUT2D eigenvalue weighted by atomic mass is 9.99. The summed E-state index contributed by atoms with van der Waals surface area (Å²) in [4.78, 5) is 13.4. The van der Waals surface area contributed by atoms with Crippen LogP contribution < -0.4 is 0 Å². The highest BCUT2D eigenvalue weighted by atomic mass is 16.5. The quantitative estimate of drug-likeness (QED) is 0.750. The van der Waals surface area contributed by atoms with E-state index in [0.717, 1.165) is 25.8 Å². The number of carbonyl (C=O) groups is 1. The number of hydrogen-bond acceptors (Lipinski definition) is 5. The molecule has 18 heavy (non-hydrogen) atoms. The van der Waals surface area contributed by atoms with Crippen molar-refractivity contribution < 1.29 is 13.9 Å². The van der Waals surface area contributed by atoms with E-state index in [4.69, 9.17) is 9.15 Å². The first-order valence-electron chi connectivity index (χ1n) is 6.38. The molecule has 0 bridgehead atoms. The van der Waals surface area contributed by atoms with E-state index in [1.165, 1.54) is 0 Å². The lowest BCUT2D eigenvalue weighted by Gasteiger charge is -2.34. The molecular formula is C12H17N3O3. The van der Waals surface area contributed by atoms with Crippen molar-refractivity contribution in [2.24, 2.45) is 0 Å². The molecule has 1 amide bonds. The van der Waals surface area contributed by atoms with Gasteiger partial charge >= 0.3 is 0 Å². The molecule has 0 N–H and O–H groups in total. The van der Waals surface area contributed by atoms with Crippen LogP contribution in [0.25, 0.3) is 0 Å². The average Bonchev–Trinajstić information content (AvgIpc) is 2.93. The lowest BCUT2D eigenvalue weighted by Crippen LogP contribution is -2.42. The van der Waals surface area contributed by atoms with Crippen molar-refractivity contribution in [1.29, 1.82) is 0 Å². The molecular weight excluding hydrogens is 234 g/mol. The fourth-order valence-corrected chi connectivity index (χ4v) is 2.94. The summed E-state index contributed by atoms with van der Waals surface area (Å²) in [5.41, 5.74) is 0. The molecule has 2 aliphatic heterocycles. The number of aromatic nitrogens is 2. The molecule has 1 aromatic heterocycles. The Kier molecular flexibility index (Phi) is 2.81. The van der Waals surface area contributed by atoms with E-state index < -0.39 is 0 Å². The molecule has 2 fully saturated rings. The molecule has 3 rings (SSSR count). The number of rotatable bonds is 1. The second kappa shape index (κ2) is 4.35. The van der Waals surface area contributed by atoms with Gasteiger partial charge in [0.25, 0.3) is 0 Å². The molecule has 6 heteroatoms. The van der Waals surface area contributed by atoms with Crippen LogP contribution in [0.2, 0.25) is 0 Å². The van der Waals surface area contributed by atoms with Crippen LogP contribution in [-0.4, -0.2) is 39.7 Å². The monoisotopic (exact) mass is 251 g/mol. The number of fused-ring (bicyclic) bond motifs is 1. The predicted molar refractivity (Wildman–Crippen MR) is 61.7 cm³/mol. The molecule has 0 spiro atoms. The number of aryl methyl sites for hydroxylation is 1. The third kappa shape index (κ3) is 1.90. The summed E-state index contributed by atoms with van der Waals surface area (Å²) >= 11 is 0. The molecule has 0 unspecified atom stereocenters. The number of likely N-dealkylation sites (tertiary alicyclic amines) is 1. The van der Waals surface area contributed by atoms with E-state index in [1.807, 2.05) is 4.90 Å². The van der Waals surface area contributed by atoms with Gasteiger partial charge in [0.05, 0.1) is 12.1 Å². The Morgan fingerprint density at radius 2 is 2.17 bits per heavy atom. The first-order valence-corrected chi connectivity index (χ1v) is 6.38. The molecule has 0 aliphatic carbocycles.